The van der Waals surface area contributed by atoms with Crippen LogP contribution in [0.2, 0.25) is 0 Å². The van der Waals surface area contributed by atoms with Gasteiger partial charge in [0.15, 0.2) is 0 Å². The molecule has 1 amide bonds. The topological polar surface area (TPSA) is 75.3 Å². The third kappa shape index (κ3) is 4.39. The van der Waals surface area contributed by atoms with E-state index in [1.807, 2.05) is 12.1 Å². The lowest BCUT2D eigenvalue weighted by Crippen LogP contribution is -2.15. The number of nitrogens with one attached hydrogen (secondary N) is 2. The predicted octanol–water partition coefficient (Wildman–Crippen LogP) is 3.96. The first-order valence-electron chi connectivity index (χ1n) is 8.39. The third-order valence-electron chi connectivity index (χ3n) is 4.19. The molecule has 0 heterocycles. The van der Waals surface area contributed by atoms with Gasteiger partial charge in [-0.1, -0.05) is 32.0 Å². The molecule has 0 saturated heterocycles. The number of carbonyl (C=O) groups is 1. The zero-order valence-electron chi connectivity index (χ0n) is 14.3. The molecule has 1 aliphatic carbocycles. The molecule has 2 aromatic rings. The zero-order valence-corrected chi connectivity index (χ0v) is 15.1. The Kier molecular flexibility index (Phi) is 4.81. The molecule has 0 aliphatic heterocycles. The smallest absolute Gasteiger partial charge is 0.261 e. The van der Waals surface area contributed by atoms with Gasteiger partial charge in [-0.15, -0.1) is 0 Å². The molecule has 5 nitrogen and oxygen atoms in total. The normalized spacial score (nSPS) is 14.4. The number of amides is 1. The Bertz CT molecular complexity index is 870. The van der Waals surface area contributed by atoms with Crippen molar-refractivity contribution in [2.75, 3.05) is 10.0 Å². The number of sulfonamides is 1. The van der Waals surface area contributed by atoms with Gasteiger partial charge in [0.05, 0.1) is 10.6 Å². The largest absolute Gasteiger partial charge is 0.326 e. The molecule has 25 heavy (non-hydrogen) atoms. The first kappa shape index (κ1) is 17.5. The van der Waals surface area contributed by atoms with Crippen molar-refractivity contribution in [3.63, 3.8) is 0 Å². The Labute approximate surface area is 148 Å². The van der Waals surface area contributed by atoms with E-state index < -0.39 is 10.0 Å². The fourth-order valence-corrected chi connectivity index (χ4v) is 3.55. The Morgan fingerprint density at radius 1 is 1.04 bits per heavy atom. The summed E-state index contributed by atoms with van der Waals surface area (Å²) in [7, 11) is -3.67. The van der Waals surface area contributed by atoms with E-state index in [1.54, 1.807) is 36.4 Å². The highest BCUT2D eigenvalue weighted by atomic mass is 32.2. The molecular formula is C19H22N2O3S. The second-order valence-corrected chi connectivity index (χ2v) is 8.36. The van der Waals surface area contributed by atoms with Gasteiger partial charge in [0.25, 0.3) is 10.0 Å². The fourth-order valence-electron chi connectivity index (χ4n) is 2.50. The molecule has 0 bridgehead atoms. The molecule has 0 unspecified atom stereocenters. The van der Waals surface area contributed by atoms with Gasteiger partial charge in [0, 0.05) is 11.6 Å². The van der Waals surface area contributed by atoms with Crippen LogP contribution in [0, 0.1) is 5.92 Å². The molecule has 132 valence electrons. The lowest BCUT2D eigenvalue weighted by molar-refractivity contribution is -0.117. The van der Waals surface area contributed by atoms with Crippen LogP contribution in [0.15, 0.2) is 53.4 Å². The third-order valence-corrected chi connectivity index (χ3v) is 5.58. The Balaban J connectivity index is 1.74. The maximum atomic E-state index is 12.5. The molecule has 1 saturated carbocycles. The summed E-state index contributed by atoms with van der Waals surface area (Å²) in [5, 5.41) is 2.82. The standard InChI is InChI=1S/C19H22N2O3S/c1-13(2)14-8-10-18(11-9-14)25(23,24)21-17-5-3-4-16(12-17)20-19(22)15-6-7-15/h3-5,8-13,15,21H,6-7H2,1-2H3,(H,20,22). The highest BCUT2D eigenvalue weighted by Crippen LogP contribution is 2.30. The minimum Gasteiger partial charge on any atom is -0.326 e. The van der Waals surface area contributed by atoms with Gasteiger partial charge < -0.3 is 5.32 Å². The molecule has 2 N–H and O–H groups in total. The van der Waals surface area contributed by atoms with E-state index in [2.05, 4.69) is 23.9 Å². The van der Waals surface area contributed by atoms with Crippen molar-refractivity contribution in [3.8, 4) is 0 Å². The van der Waals surface area contributed by atoms with E-state index in [4.69, 9.17) is 0 Å². The highest BCUT2D eigenvalue weighted by molar-refractivity contribution is 7.92. The van der Waals surface area contributed by atoms with Gasteiger partial charge in [-0.3, -0.25) is 9.52 Å². The molecule has 1 aliphatic rings. The maximum Gasteiger partial charge on any atom is 0.261 e. The molecule has 0 atom stereocenters. The number of hydrogen-bond donors (Lipinski definition) is 2. The van der Waals surface area contributed by atoms with Gasteiger partial charge in [0.1, 0.15) is 0 Å². The molecule has 0 radical (unpaired) electrons. The summed E-state index contributed by atoms with van der Waals surface area (Å²) in [5.74, 6) is 0.431. The van der Waals surface area contributed by atoms with Crippen molar-refractivity contribution >= 4 is 27.3 Å². The van der Waals surface area contributed by atoms with E-state index in [0.29, 0.717) is 17.3 Å². The van der Waals surface area contributed by atoms with E-state index >= 15 is 0 Å². The van der Waals surface area contributed by atoms with E-state index in [9.17, 15) is 13.2 Å². The van der Waals surface area contributed by atoms with Crippen molar-refractivity contribution in [2.45, 2.75) is 37.5 Å². The van der Waals surface area contributed by atoms with Gasteiger partial charge >= 0.3 is 0 Å². The average Bonchev–Trinajstić information content (AvgIpc) is 3.40. The van der Waals surface area contributed by atoms with Crippen LogP contribution >= 0.6 is 0 Å². The number of hydrogen-bond acceptors (Lipinski definition) is 3. The maximum absolute atomic E-state index is 12.5. The molecule has 0 spiro atoms. The summed E-state index contributed by atoms with van der Waals surface area (Å²) in [6.07, 6.45) is 1.84. The Morgan fingerprint density at radius 2 is 1.68 bits per heavy atom. The molecule has 2 aromatic carbocycles. The molecule has 3 rings (SSSR count). The molecule has 0 aromatic heterocycles. The van der Waals surface area contributed by atoms with Crippen molar-refractivity contribution in [1.29, 1.82) is 0 Å². The summed E-state index contributed by atoms with van der Waals surface area (Å²) in [5.41, 5.74) is 2.09. The van der Waals surface area contributed by atoms with Crippen LogP contribution in [0.5, 0.6) is 0 Å². The summed E-state index contributed by atoms with van der Waals surface area (Å²) in [4.78, 5) is 12.0. The van der Waals surface area contributed by atoms with Gasteiger partial charge in [-0.05, 0) is 54.7 Å². The van der Waals surface area contributed by atoms with Crippen molar-refractivity contribution in [2.24, 2.45) is 5.92 Å². The zero-order chi connectivity index (χ0) is 18.0. The van der Waals surface area contributed by atoms with Crippen LogP contribution in [0.25, 0.3) is 0 Å². The lowest BCUT2D eigenvalue weighted by Gasteiger charge is -2.11. The first-order chi connectivity index (χ1) is 11.8. The number of benzene rings is 2. The van der Waals surface area contributed by atoms with Gasteiger partial charge in [-0.25, -0.2) is 8.42 Å². The predicted molar refractivity (Wildman–Crippen MR) is 99.1 cm³/mol. The van der Waals surface area contributed by atoms with Crippen LogP contribution in [0.4, 0.5) is 11.4 Å². The fraction of sp³-hybridized carbons (Fsp3) is 0.316. The molecule has 1 fully saturated rings. The van der Waals surface area contributed by atoms with Crippen molar-refractivity contribution in [3.05, 3.63) is 54.1 Å². The van der Waals surface area contributed by atoms with Gasteiger partial charge in [0.2, 0.25) is 5.91 Å². The quantitative estimate of drug-likeness (QED) is 0.821. The number of carbonyl (C=O) groups excluding carboxylic acids is 1. The monoisotopic (exact) mass is 358 g/mol. The van der Waals surface area contributed by atoms with Crippen LogP contribution < -0.4 is 10.0 Å². The highest BCUT2D eigenvalue weighted by Gasteiger charge is 2.29. The average molecular weight is 358 g/mol. The molecular weight excluding hydrogens is 336 g/mol. The summed E-state index contributed by atoms with van der Waals surface area (Å²) >= 11 is 0. The van der Waals surface area contributed by atoms with Crippen LogP contribution in [0.1, 0.15) is 38.2 Å². The summed E-state index contributed by atoms with van der Waals surface area (Å²) in [6.45, 7) is 4.12. The number of rotatable bonds is 6. The van der Waals surface area contributed by atoms with Crippen LogP contribution in [0.3, 0.4) is 0 Å². The van der Waals surface area contributed by atoms with E-state index in [0.717, 1.165) is 18.4 Å². The second-order valence-electron chi connectivity index (χ2n) is 6.67. The molecule has 6 heteroatoms. The summed E-state index contributed by atoms with van der Waals surface area (Å²) < 4.78 is 27.6. The van der Waals surface area contributed by atoms with Crippen LogP contribution in [-0.4, -0.2) is 14.3 Å². The van der Waals surface area contributed by atoms with Gasteiger partial charge in [-0.2, -0.15) is 0 Å². The first-order valence-corrected chi connectivity index (χ1v) is 9.87. The second kappa shape index (κ2) is 6.88. The minimum atomic E-state index is -3.67. The SMILES string of the molecule is CC(C)c1ccc(S(=O)(=O)Nc2cccc(NC(=O)C3CC3)c2)cc1. The number of anilines is 2. The minimum absolute atomic E-state index is 0.00992. The van der Waals surface area contributed by atoms with Crippen molar-refractivity contribution < 1.29 is 13.2 Å². The van der Waals surface area contributed by atoms with Crippen LogP contribution in [-0.2, 0) is 14.8 Å². The van der Waals surface area contributed by atoms with E-state index in [1.165, 1.54) is 0 Å². The van der Waals surface area contributed by atoms with Crippen molar-refractivity contribution in [1.82, 2.24) is 0 Å². The Hall–Kier alpha value is -2.34. The lowest BCUT2D eigenvalue weighted by atomic mass is 10.0. The van der Waals surface area contributed by atoms with E-state index in [-0.39, 0.29) is 16.7 Å². The Morgan fingerprint density at radius 3 is 2.28 bits per heavy atom. The summed E-state index contributed by atoms with van der Waals surface area (Å²) in [6, 6.07) is 13.6.